The lowest BCUT2D eigenvalue weighted by Crippen LogP contribution is -1.97. The van der Waals surface area contributed by atoms with Crippen LogP contribution in [0.2, 0.25) is 0 Å². The summed E-state index contributed by atoms with van der Waals surface area (Å²) in [6.07, 6.45) is 4.85. The maximum absolute atomic E-state index is 5.74. The summed E-state index contributed by atoms with van der Waals surface area (Å²) in [5.41, 5.74) is 2.04. The fraction of sp³-hybridized carbons (Fsp3) is 0.300. The highest BCUT2D eigenvalue weighted by Crippen LogP contribution is 2.13. The molecule has 22 heavy (non-hydrogen) atoms. The number of ether oxygens (including phenoxy) is 1. The molecule has 0 saturated carbocycles. The Morgan fingerprint density at radius 3 is 2.05 bits per heavy atom. The lowest BCUT2D eigenvalue weighted by molar-refractivity contribution is 0.305. The molecule has 0 unspecified atom stereocenters. The Morgan fingerprint density at radius 2 is 1.36 bits per heavy atom. The van der Waals surface area contributed by atoms with Crippen molar-refractivity contribution >= 4 is 15.9 Å². The second-order valence-corrected chi connectivity index (χ2v) is 5.89. The Kier molecular flexibility index (Phi) is 7.63. The van der Waals surface area contributed by atoms with Crippen molar-refractivity contribution < 1.29 is 4.74 Å². The normalized spacial score (nSPS) is 9.86. The van der Waals surface area contributed by atoms with Crippen LogP contribution in [0.1, 0.15) is 36.8 Å². The molecule has 0 atom stereocenters. The average Bonchev–Trinajstić information content (AvgIpc) is 2.58. The van der Waals surface area contributed by atoms with Crippen molar-refractivity contribution in [2.45, 2.75) is 25.7 Å². The molecule has 0 fully saturated rings. The fourth-order valence-corrected chi connectivity index (χ4v) is 2.44. The van der Waals surface area contributed by atoms with Crippen molar-refractivity contribution in [3.05, 3.63) is 65.7 Å². The van der Waals surface area contributed by atoms with Crippen LogP contribution in [0.15, 0.2) is 54.6 Å². The summed E-state index contributed by atoms with van der Waals surface area (Å²) in [4.78, 5) is 0. The van der Waals surface area contributed by atoms with E-state index in [2.05, 4.69) is 27.8 Å². The molecule has 0 radical (unpaired) electrons. The number of hydrogen-bond donors (Lipinski definition) is 0. The van der Waals surface area contributed by atoms with E-state index >= 15 is 0 Å². The summed E-state index contributed by atoms with van der Waals surface area (Å²) in [6, 6.07) is 18.0. The number of rotatable bonds is 7. The third-order valence-corrected chi connectivity index (χ3v) is 3.84. The number of hydrogen-bond acceptors (Lipinski definition) is 1. The van der Waals surface area contributed by atoms with Gasteiger partial charge in [0.2, 0.25) is 0 Å². The molecule has 1 nitrogen and oxygen atoms in total. The van der Waals surface area contributed by atoms with Crippen LogP contribution < -0.4 is 4.74 Å². The van der Waals surface area contributed by atoms with Crippen molar-refractivity contribution in [1.82, 2.24) is 0 Å². The van der Waals surface area contributed by atoms with E-state index in [1.165, 1.54) is 19.3 Å². The highest BCUT2D eigenvalue weighted by Gasteiger charge is 1.95. The second kappa shape index (κ2) is 10.1. The molecule has 0 N–H and O–H groups in total. The molecule has 2 heteroatoms. The van der Waals surface area contributed by atoms with Gasteiger partial charge >= 0.3 is 0 Å². The number of unbranched alkanes of at least 4 members (excludes halogenated alkanes) is 3. The summed E-state index contributed by atoms with van der Waals surface area (Å²) >= 11 is 3.45. The summed E-state index contributed by atoms with van der Waals surface area (Å²) in [5.74, 6) is 7.25. The summed E-state index contributed by atoms with van der Waals surface area (Å²) in [6.45, 7) is 0.789. The average molecular weight is 357 g/mol. The molecule has 114 valence electrons. The first-order chi connectivity index (χ1) is 10.9. The maximum atomic E-state index is 5.74. The molecular formula is C20H21BrO. The van der Waals surface area contributed by atoms with Crippen molar-refractivity contribution in [2.75, 3.05) is 11.9 Å². The maximum Gasteiger partial charge on any atom is 0.119 e. The molecule has 2 aromatic rings. The Labute approximate surface area is 141 Å². The molecule has 0 bridgehead atoms. The largest absolute Gasteiger partial charge is 0.494 e. The van der Waals surface area contributed by atoms with Crippen LogP contribution in [0.3, 0.4) is 0 Å². The zero-order valence-corrected chi connectivity index (χ0v) is 14.3. The summed E-state index contributed by atoms with van der Waals surface area (Å²) in [7, 11) is 0. The van der Waals surface area contributed by atoms with Crippen molar-refractivity contribution in [3.8, 4) is 17.6 Å². The third kappa shape index (κ3) is 6.37. The van der Waals surface area contributed by atoms with E-state index in [1.807, 2.05) is 54.6 Å². The Morgan fingerprint density at radius 1 is 0.727 bits per heavy atom. The zero-order valence-electron chi connectivity index (χ0n) is 12.7. The van der Waals surface area contributed by atoms with Gasteiger partial charge in [-0.25, -0.2) is 0 Å². The molecule has 0 aliphatic heterocycles. The molecule has 0 heterocycles. The van der Waals surface area contributed by atoms with Crippen LogP contribution in [0, 0.1) is 11.8 Å². The number of alkyl halides is 1. The van der Waals surface area contributed by atoms with Crippen LogP contribution >= 0.6 is 15.9 Å². The first kappa shape index (κ1) is 16.6. The smallest absolute Gasteiger partial charge is 0.119 e. The van der Waals surface area contributed by atoms with Gasteiger partial charge in [-0.3, -0.25) is 0 Å². The third-order valence-electron chi connectivity index (χ3n) is 3.28. The van der Waals surface area contributed by atoms with E-state index in [-0.39, 0.29) is 0 Å². The van der Waals surface area contributed by atoms with Crippen molar-refractivity contribution in [2.24, 2.45) is 0 Å². The fourth-order valence-electron chi connectivity index (χ4n) is 2.04. The predicted molar refractivity (Wildman–Crippen MR) is 96.6 cm³/mol. The molecule has 0 amide bonds. The first-order valence-electron chi connectivity index (χ1n) is 7.74. The minimum Gasteiger partial charge on any atom is -0.494 e. The van der Waals surface area contributed by atoms with Gasteiger partial charge in [0.15, 0.2) is 0 Å². The highest BCUT2D eigenvalue weighted by atomic mass is 79.9. The van der Waals surface area contributed by atoms with Crippen LogP contribution in [0.5, 0.6) is 5.75 Å². The van der Waals surface area contributed by atoms with E-state index in [9.17, 15) is 0 Å². The van der Waals surface area contributed by atoms with Crippen LogP contribution in [0.4, 0.5) is 0 Å². The van der Waals surface area contributed by atoms with Gasteiger partial charge in [-0.1, -0.05) is 58.8 Å². The molecule has 2 aromatic carbocycles. The van der Waals surface area contributed by atoms with Gasteiger partial charge in [0.1, 0.15) is 5.75 Å². The molecular weight excluding hydrogens is 336 g/mol. The van der Waals surface area contributed by atoms with Crippen molar-refractivity contribution in [1.29, 1.82) is 0 Å². The van der Waals surface area contributed by atoms with Crippen LogP contribution in [-0.4, -0.2) is 11.9 Å². The Hall–Kier alpha value is -1.72. The van der Waals surface area contributed by atoms with E-state index in [0.29, 0.717) is 0 Å². The topological polar surface area (TPSA) is 9.23 Å². The quantitative estimate of drug-likeness (QED) is 0.365. The van der Waals surface area contributed by atoms with Gasteiger partial charge in [0.05, 0.1) is 6.61 Å². The molecule has 0 saturated heterocycles. The summed E-state index contributed by atoms with van der Waals surface area (Å²) < 4.78 is 5.74. The lowest BCUT2D eigenvalue weighted by atomic mass is 10.2. The molecule has 0 aliphatic carbocycles. The SMILES string of the molecule is BrCCCCCCOc1ccc(C#Cc2ccccc2)cc1. The van der Waals surface area contributed by atoms with Gasteiger partial charge in [0.25, 0.3) is 0 Å². The monoisotopic (exact) mass is 356 g/mol. The van der Waals surface area contributed by atoms with Crippen LogP contribution in [-0.2, 0) is 0 Å². The molecule has 0 aliphatic rings. The first-order valence-corrected chi connectivity index (χ1v) is 8.86. The predicted octanol–water partition coefficient (Wildman–Crippen LogP) is 5.42. The van der Waals surface area contributed by atoms with Gasteiger partial charge in [-0.05, 0) is 49.2 Å². The van der Waals surface area contributed by atoms with E-state index in [1.54, 1.807) is 0 Å². The second-order valence-electron chi connectivity index (χ2n) is 5.09. The van der Waals surface area contributed by atoms with E-state index in [0.717, 1.165) is 35.2 Å². The minimum absolute atomic E-state index is 0.789. The zero-order chi connectivity index (χ0) is 15.5. The Balaban J connectivity index is 1.77. The molecule has 2 rings (SSSR count). The van der Waals surface area contributed by atoms with Crippen molar-refractivity contribution in [3.63, 3.8) is 0 Å². The number of halogens is 1. The molecule has 0 spiro atoms. The van der Waals surface area contributed by atoms with Gasteiger partial charge in [-0.15, -0.1) is 0 Å². The highest BCUT2D eigenvalue weighted by molar-refractivity contribution is 9.09. The Bertz CT molecular complexity index is 593. The van der Waals surface area contributed by atoms with Crippen LogP contribution in [0.25, 0.3) is 0 Å². The summed E-state index contributed by atoms with van der Waals surface area (Å²) in [5, 5.41) is 1.10. The van der Waals surface area contributed by atoms with E-state index < -0.39 is 0 Å². The molecule has 0 aromatic heterocycles. The van der Waals surface area contributed by atoms with E-state index in [4.69, 9.17) is 4.74 Å². The van der Waals surface area contributed by atoms with Gasteiger partial charge in [0, 0.05) is 16.5 Å². The minimum atomic E-state index is 0.789. The lowest BCUT2D eigenvalue weighted by Gasteiger charge is -2.05. The standard InChI is InChI=1S/C20H21BrO/c21-16-6-1-2-7-17-22-20-14-12-19(13-15-20)11-10-18-8-4-3-5-9-18/h3-5,8-9,12-15H,1-2,6-7,16-17H2. The number of benzene rings is 2. The van der Waals surface area contributed by atoms with Gasteiger partial charge in [-0.2, -0.15) is 0 Å². The van der Waals surface area contributed by atoms with Gasteiger partial charge < -0.3 is 4.74 Å².